The third kappa shape index (κ3) is 6.75. The third-order valence-corrected chi connectivity index (χ3v) is 6.33. The minimum atomic E-state index is -3.36. The van der Waals surface area contributed by atoms with Crippen LogP contribution in [0.3, 0.4) is 0 Å². The number of hydrogen-bond donors (Lipinski definition) is 2. The standard InChI is InChI=1S/C20H24N4O4S2/c1-14(2)24-30(26,27)13-16-5-3-15(4-6-16)11-21-18(25)7-8-19-22-20(23-28-19)17-9-10-29-12-17/h3-6,9-10,12,14,24H,7-8,11,13H2,1-2H3,(H,21,25). The summed E-state index contributed by atoms with van der Waals surface area (Å²) >= 11 is 1.55. The molecule has 2 N–H and O–H groups in total. The van der Waals surface area contributed by atoms with E-state index in [0.717, 1.165) is 11.1 Å². The van der Waals surface area contributed by atoms with Gasteiger partial charge in [0.15, 0.2) is 0 Å². The largest absolute Gasteiger partial charge is 0.352 e. The first kappa shape index (κ1) is 22.1. The first-order chi connectivity index (χ1) is 14.3. The number of sulfonamides is 1. The number of nitrogens with zero attached hydrogens (tertiary/aromatic N) is 2. The zero-order valence-electron chi connectivity index (χ0n) is 16.8. The number of carbonyl (C=O) groups excluding carboxylic acids is 1. The molecule has 0 unspecified atom stereocenters. The average molecular weight is 449 g/mol. The van der Waals surface area contributed by atoms with Crippen molar-refractivity contribution >= 4 is 27.3 Å². The number of nitrogens with one attached hydrogen (secondary N) is 2. The summed E-state index contributed by atoms with van der Waals surface area (Å²) in [5.41, 5.74) is 2.48. The lowest BCUT2D eigenvalue weighted by Crippen LogP contribution is -2.31. The van der Waals surface area contributed by atoms with Crippen LogP contribution in [0.1, 0.15) is 37.3 Å². The van der Waals surface area contributed by atoms with Gasteiger partial charge in [0.05, 0.1) is 5.75 Å². The minimum Gasteiger partial charge on any atom is -0.352 e. The molecule has 10 heteroatoms. The summed E-state index contributed by atoms with van der Waals surface area (Å²) < 4.78 is 31.7. The van der Waals surface area contributed by atoms with Crippen LogP contribution in [0.15, 0.2) is 45.6 Å². The van der Waals surface area contributed by atoms with Crippen LogP contribution in [0.25, 0.3) is 11.4 Å². The molecule has 0 aliphatic heterocycles. The molecule has 2 heterocycles. The van der Waals surface area contributed by atoms with Crippen molar-refractivity contribution in [2.75, 3.05) is 0 Å². The molecule has 0 atom stereocenters. The van der Waals surface area contributed by atoms with Crippen molar-refractivity contribution in [1.29, 1.82) is 0 Å². The monoisotopic (exact) mass is 448 g/mol. The Morgan fingerprint density at radius 2 is 1.90 bits per heavy atom. The van der Waals surface area contributed by atoms with Crippen molar-refractivity contribution in [2.45, 2.75) is 45.0 Å². The Hall–Kier alpha value is -2.56. The van der Waals surface area contributed by atoms with Crippen LogP contribution < -0.4 is 10.0 Å². The summed E-state index contributed by atoms with van der Waals surface area (Å²) in [6.45, 7) is 3.93. The van der Waals surface area contributed by atoms with E-state index in [1.165, 1.54) is 0 Å². The maximum Gasteiger partial charge on any atom is 0.227 e. The van der Waals surface area contributed by atoms with Gasteiger partial charge in [0.25, 0.3) is 0 Å². The molecule has 0 fully saturated rings. The number of hydrogen-bond acceptors (Lipinski definition) is 7. The predicted molar refractivity (Wildman–Crippen MR) is 115 cm³/mol. The molecule has 1 amide bonds. The van der Waals surface area contributed by atoms with Crippen LogP contribution in [-0.2, 0) is 33.5 Å². The fraction of sp³-hybridized carbons (Fsp3) is 0.350. The highest BCUT2D eigenvalue weighted by Crippen LogP contribution is 2.19. The van der Waals surface area contributed by atoms with Gasteiger partial charge in [-0.15, -0.1) is 0 Å². The van der Waals surface area contributed by atoms with Crippen LogP contribution in [0.5, 0.6) is 0 Å². The maximum absolute atomic E-state index is 12.1. The van der Waals surface area contributed by atoms with E-state index in [1.807, 2.05) is 29.0 Å². The molecule has 0 bridgehead atoms. The van der Waals surface area contributed by atoms with Gasteiger partial charge in [0.2, 0.25) is 27.6 Å². The Balaban J connectivity index is 1.43. The van der Waals surface area contributed by atoms with Crippen molar-refractivity contribution in [1.82, 2.24) is 20.2 Å². The Kier molecular flexibility index (Phi) is 7.35. The smallest absolute Gasteiger partial charge is 0.227 e. The molecule has 8 nitrogen and oxygen atoms in total. The second-order valence-electron chi connectivity index (χ2n) is 7.15. The van der Waals surface area contributed by atoms with Gasteiger partial charge >= 0.3 is 0 Å². The molecule has 160 valence electrons. The Morgan fingerprint density at radius 3 is 2.57 bits per heavy atom. The summed E-state index contributed by atoms with van der Waals surface area (Å²) in [6.07, 6.45) is 0.602. The lowest BCUT2D eigenvalue weighted by molar-refractivity contribution is -0.121. The third-order valence-electron chi connectivity index (χ3n) is 4.10. The molecule has 0 saturated heterocycles. The van der Waals surface area contributed by atoms with Crippen molar-refractivity contribution < 1.29 is 17.7 Å². The SMILES string of the molecule is CC(C)NS(=O)(=O)Cc1ccc(CNC(=O)CCc2nc(-c3ccsc3)no2)cc1. The van der Waals surface area contributed by atoms with Crippen molar-refractivity contribution in [3.63, 3.8) is 0 Å². The van der Waals surface area contributed by atoms with E-state index >= 15 is 0 Å². The van der Waals surface area contributed by atoms with Gasteiger partial charge in [0.1, 0.15) is 0 Å². The van der Waals surface area contributed by atoms with E-state index in [2.05, 4.69) is 20.2 Å². The lowest BCUT2D eigenvalue weighted by Gasteiger charge is -2.10. The average Bonchev–Trinajstić information content (AvgIpc) is 3.36. The second kappa shape index (κ2) is 9.96. The number of thiophene rings is 1. The number of aromatic nitrogens is 2. The summed E-state index contributed by atoms with van der Waals surface area (Å²) in [5, 5.41) is 10.6. The van der Waals surface area contributed by atoms with Gasteiger partial charge in [-0.2, -0.15) is 16.3 Å². The summed E-state index contributed by atoms with van der Waals surface area (Å²) in [5.74, 6) is 0.748. The molecule has 2 aromatic heterocycles. The highest BCUT2D eigenvalue weighted by atomic mass is 32.2. The molecule has 1 aromatic carbocycles. The highest BCUT2D eigenvalue weighted by Gasteiger charge is 2.13. The summed E-state index contributed by atoms with van der Waals surface area (Å²) in [6, 6.07) is 8.90. The quantitative estimate of drug-likeness (QED) is 0.493. The number of aryl methyl sites for hydroxylation is 1. The number of rotatable bonds is 10. The molecular formula is C20H24N4O4S2. The van der Waals surface area contributed by atoms with Crippen molar-refractivity contribution in [2.24, 2.45) is 0 Å². The zero-order valence-corrected chi connectivity index (χ0v) is 18.4. The minimum absolute atomic E-state index is 0.0740. The molecule has 0 aliphatic carbocycles. The lowest BCUT2D eigenvalue weighted by atomic mass is 10.1. The van der Waals surface area contributed by atoms with Crippen LogP contribution >= 0.6 is 11.3 Å². The molecule has 0 aliphatic rings. The van der Waals surface area contributed by atoms with Crippen LogP contribution in [0.2, 0.25) is 0 Å². The molecule has 0 radical (unpaired) electrons. The zero-order chi connectivity index (χ0) is 21.6. The second-order valence-corrected chi connectivity index (χ2v) is 9.68. The predicted octanol–water partition coefficient (Wildman–Crippen LogP) is 2.87. The molecule has 0 spiro atoms. The van der Waals surface area contributed by atoms with E-state index < -0.39 is 10.0 Å². The van der Waals surface area contributed by atoms with E-state index in [9.17, 15) is 13.2 Å². The van der Waals surface area contributed by atoms with E-state index in [-0.39, 0.29) is 24.1 Å². The summed E-state index contributed by atoms with van der Waals surface area (Å²) in [7, 11) is -3.36. The normalized spacial score (nSPS) is 11.7. The molecule has 30 heavy (non-hydrogen) atoms. The summed E-state index contributed by atoms with van der Waals surface area (Å²) in [4.78, 5) is 16.4. The number of benzene rings is 1. The first-order valence-corrected chi connectivity index (χ1v) is 12.1. The Morgan fingerprint density at radius 1 is 1.17 bits per heavy atom. The molecule has 3 aromatic rings. The van der Waals surface area contributed by atoms with Gasteiger partial charge < -0.3 is 9.84 Å². The van der Waals surface area contributed by atoms with Gasteiger partial charge in [0, 0.05) is 36.4 Å². The van der Waals surface area contributed by atoms with Gasteiger partial charge in [-0.25, -0.2) is 13.1 Å². The Labute approximate surface area is 179 Å². The van der Waals surface area contributed by atoms with Crippen LogP contribution in [-0.4, -0.2) is 30.5 Å². The number of carbonyl (C=O) groups is 1. The fourth-order valence-corrected chi connectivity index (χ4v) is 4.82. The van der Waals surface area contributed by atoms with Crippen molar-refractivity contribution in [3.8, 4) is 11.4 Å². The van der Waals surface area contributed by atoms with E-state index in [0.29, 0.717) is 30.2 Å². The molecule has 0 saturated carbocycles. The van der Waals surface area contributed by atoms with Gasteiger partial charge in [-0.05, 0) is 36.4 Å². The topological polar surface area (TPSA) is 114 Å². The number of amides is 1. The Bertz CT molecular complexity index is 1060. The van der Waals surface area contributed by atoms with Gasteiger partial charge in [-0.3, -0.25) is 4.79 Å². The molecular weight excluding hydrogens is 424 g/mol. The fourth-order valence-electron chi connectivity index (χ4n) is 2.75. The van der Waals surface area contributed by atoms with Crippen LogP contribution in [0, 0.1) is 0 Å². The van der Waals surface area contributed by atoms with Crippen LogP contribution in [0.4, 0.5) is 0 Å². The molecule has 3 rings (SSSR count). The highest BCUT2D eigenvalue weighted by molar-refractivity contribution is 7.88. The first-order valence-electron chi connectivity index (χ1n) is 9.50. The van der Waals surface area contributed by atoms with Crippen molar-refractivity contribution in [3.05, 3.63) is 58.1 Å². The van der Waals surface area contributed by atoms with E-state index in [4.69, 9.17) is 4.52 Å². The maximum atomic E-state index is 12.1. The van der Waals surface area contributed by atoms with E-state index in [1.54, 1.807) is 37.3 Å². The van der Waals surface area contributed by atoms with Gasteiger partial charge in [-0.1, -0.05) is 29.4 Å².